The first-order valence-electron chi connectivity index (χ1n) is 6.61. The van der Waals surface area contributed by atoms with E-state index in [-0.39, 0.29) is 12.5 Å². The van der Waals surface area contributed by atoms with Crippen molar-refractivity contribution in [2.45, 2.75) is 13.5 Å². The van der Waals surface area contributed by atoms with Gasteiger partial charge >= 0.3 is 5.97 Å². The number of aryl methyl sites for hydroxylation is 1. The van der Waals surface area contributed by atoms with Crippen molar-refractivity contribution < 1.29 is 18.7 Å². The molecule has 0 aliphatic rings. The monoisotopic (exact) mass is 365 g/mol. The standard InChI is InChI=1S/C16H16BrNO4/c1-10-14(16(20)21-3)8-13(22-10)9-18(2)15(19)11-4-6-12(17)7-5-11/h4-8H,9H2,1-3H3. The molecular weight excluding hydrogens is 350 g/mol. The van der Waals surface area contributed by atoms with Gasteiger partial charge in [-0.2, -0.15) is 0 Å². The van der Waals surface area contributed by atoms with Gasteiger partial charge in [-0.1, -0.05) is 15.9 Å². The third-order valence-corrected chi connectivity index (χ3v) is 3.73. The summed E-state index contributed by atoms with van der Waals surface area (Å²) in [7, 11) is 3.00. The summed E-state index contributed by atoms with van der Waals surface area (Å²) >= 11 is 3.33. The molecule has 0 aliphatic carbocycles. The van der Waals surface area contributed by atoms with Crippen LogP contribution in [0, 0.1) is 6.92 Å². The minimum absolute atomic E-state index is 0.124. The second kappa shape index (κ2) is 6.79. The minimum atomic E-state index is -0.450. The van der Waals surface area contributed by atoms with Crippen molar-refractivity contribution in [2.75, 3.05) is 14.2 Å². The van der Waals surface area contributed by atoms with Crippen molar-refractivity contribution in [1.29, 1.82) is 0 Å². The fraction of sp³-hybridized carbons (Fsp3) is 0.250. The van der Waals surface area contributed by atoms with Crippen molar-refractivity contribution in [1.82, 2.24) is 4.90 Å². The average Bonchev–Trinajstić information content (AvgIpc) is 2.87. The van der Waals surface area contributed by atoms with Crippen LogP contribution in [-0.2, 0) is 11.3 Å². The van der Waals surface area contributed by atoms with E-state index in [1.54, 1.807) is 32.2 Å². The maximum Gasteiger partial charge on any atom is 0.341 e. The Morgan fingerprint density at radius 1 is 1.27 bits per heavy atom. The molecule has 1 aromatic heterocycles. The van der Waals surface area contributed by atoms with Crippen molar-refractivity contribution in [3.05, 3.63) is 57.5 Å². The number of halogens is 1. The largest absolute Gasteiger partial charge is 0.465 e. The number of furan rings is 1. The lowest BCUT2D eigenvalue weighted by Crippen LogP contribution is -2.25. The third-order valence-electron chi connectivity index (χ3n) is 3.20. The Hall–Kier alpha value is -2.08. The Bertz CT molecular complexity index is 691. The van der Waals surface area contributed by atoms with Gasteiger partial charge in [0.15, 0.2) is 0 Å². The van der Waals surface area contributed by atoms with Crippen LogP contribution in [0.1, 0.15) is 32.2 Å². The predicted octanol–water partition coefficient (Wildman–Crippen LogP) is 3.41. The maximum absolute atomic E-state index is 12.3. The second-order valence-electron chi connectivity index (χ2n) is 4.84. The van der Waals surface area contributed by atoms with Gasteiger partial charge in [-0.15, -0.1) is 0 Å². The summed E-state index contributed by atoms with van der Waals surface area (Å²) in [5.74, 6) is 0.438. The molecule has 1 aromatic carbocycles. The lowest BCUT2D eigenvalue weighted by atomic mass is 10.2. The summed E-state index contributed by atoms with van der Waals surface area (Å²) in [5, 5.41) is 0. The van der Waals surface area contributed by atoms with Gasteiger partial charge in [0.1, 0.15) is 17.1 Å². The molecule has 0 saturated heterocycles. The average molecular weight is 366 g/mol. The number of hydrogen-bond acceptors (Lipinski definition) is 4. The number of amides is 1. The first kappa shape index (κ1) is 16.3. The van der Waals surface area contributed by atoms with Gasteiger partial charge in [0.2, 0.25) is 0 Å². The second-order valence-corrected chi connectivity index (χ2v) is 5.76. The zero-order chi connectivity index (χ0) is 16.3. The predicted molar refractivity (Wildman–Crippen MR) is 84.7 cm³/mol. The zero-order valence-corrected chi connectivity index (χ0v) is 14.1. The number of methoxy groups -OCH3 is 1. The van der Waals surface area contributed by atoms with Gasteiger partial charge in [0, 0.05) is 17.1 Å². The van der Waals surface area contributed by atoms with E-state index < -0.39 is 5.97 Å². The van der Waals surface area contributed by atoms with Crippen LogP contribution in [0.15, 0.2) is 39.2 Å². The van der Waals surface area contributed by atoms with Crippen LogP contribution in [0.2, 0.25) is 0 Å². The molecule has 6 heteroatoms. The Balaban J connectivity index is 2.11. The molecule has 0 atom stereocenters. The Morgan fingerprint density at radius 3 is 2.50 bits per heavy atom. The Labute approximate surface area is 137 Å². The lowest BCUT2D eigenvalue weighted by molar-refractivity contribution is 0.0598. The summed E-state index contributed by atoms with van der Waals surface area (Å²) < 4.78 is 11.1. The van der Waals surface area contributed by atoms with Crippen LogP contribution in [0.4, 0.5) is 0 Å². The van der Waals surface area contributed by atoms with Gasteiger partial charge in [-0.25, -0.2) is 4.79 Å². The van der Waals surface area contributed by atoms with Crippen molar-refractivity contribution in [2.24, 2.45) is 0 Å². The summed E-state index contributed by atoms with van der Waals surface area (Å²) in [6, 6.07) is 8.72. The third kappa shape index (κ3) is 3.57. The highest BCUT2D eigenvalue weighted by Gasteiger charge is 2.18. The van der Waals surface area contributed by atoms with Gasteiger partial charge in [-0.3, -0.25) is 4.79 Å². The van der Waals surface area contributed by atoms with Crippen molar-refractivity contribution in [3.63, 3.8) is 0 Å². The summed E-state index contributed by atoms with van der Waals surface area (Å²) in [5.41, 5.74) is 0.962. The molecule has 0 radical (unpaired) electrons. The highest BCUT2D eigenvalue weighted by Crippen LogP contribution is 2.18. The molecule has 1 heterocycles. The number of benzene rings is 1. The number of hydrogen-bond donors (Lipinski definition) is 0. The van der Waals surface area contributed by atoms with Crippen molar-refractivity contribution >= 4 is 27.8 Å². The fourth-order valence-corrected chi connectivity index (χ4v) is 2.32. The van der Waals surface area contributed by atoms with Gasteiger partial charge in [-0.05, 0) is 37.3 Å². The molecule has 2 aromatic rings. The lowest BCUT2D eigenvalue weighted by Gasteiger charge is -2.15. The number of nitrogens with zero attached hydrogens (tertiary/aromatic N) is 1. The smallest absolute Gasteiger partial charge is 0.341 e. The Kier molecular flexibility index (Phi) is 5.03. The molecule has 0 aliphatic heterocycles. The number of ether oxygens (including phenoxy) is 1. The van der Waals surface area contributed by atoms with Crippen LogP contribution >= 0.6 is 15.9 Å². The molecular formula is C16H16BrNO4. The minimum Gasteiger partial charge on any atom is -0.465 e. The highest BCUT2D eigenvalue weighted by atomic mass is 79.9. The molecule has 0 fully saturated rings. The number of carbonyl (C=O) groups is 2. The molecule has 2 rings (SSSR count). The van der Waals surface area contributed by atoms with Gasteiger partial charge in [0.05, 0.1) is 13.7 Å². The van der Waals surface area contributed by atoms with E-state index in [1.807, 2.05) is 12.1 Å². The zero-order valence-electron chi connectivity index (χ0n) is 12.6. The molecule has 0 saturated carbocycles. The summed E-state index contributed by atoms with van der Waals surface area (Å²) in [4.78, 5) is 25.4. The van der Waals surface area contributed by atoms with Crippen LogP contribution in [0.5, 0.6) is 0 Å². The molecule has 0 N–H and O–H groups in total. The Morgan fingerprint density at radius 2 is 1.91 bits per heavy atom. The summed E-state index contributed by atoms with van der Waals surface area (Å²) in [6.07, 6.45) is 0. The first-order chi connectivity index (χ1) is 10.4. The van der Waals surface area contributed by atoms with E-state index in [4.69, 9.17) is 4.42 Å². The molecule has 22 heavy (non-hydrogen) atoms. The number of carbonyl (C=O) groups excluding carboxylic acids is 2. The van der Waals surface area contributed by atoms with E-state index in [0.717, 1.165) is 4.47 Å². The molecule has 0 bridgehead atoms. The molecule has 116 valence electrons. The van der Waals surface area contributed by atoms with Crippen LogP contribution in [0.25, 0.3) is 0 Å². The van der Waals surface area contributed by atoms with E-state index in [1.165, 1.54) is 12.0 Å². The van der Waals surface area contributed by atoms with E-state index in [9.17, 15) is 9.59 Å². The molecule has 1 amide bonds. The van der Waals surface area contributed by atoms with Gasteiger partial charge in [0.25, 0.3) is 5.91 Å². The van der Waals surface area contributed by atoms with Gasteiger partial charge < -0.3 is 14.1 Å². The first-order valence-corrected chi connectivity index (χ1v) is 7.40. The summed E-state index contributed by atoms with van der Waals surface area (Å²) in [6.45, 7) is 1.96. The quantitative estimate of drug-likeness (QED) is 0.779. The highest BCUT2D eigenvalue weighted by molar-refractivity contribution is 9.10. The molecule has 0 unspecified atom stereocenters. The molecule has 0 spiro atoms. The van der Waals surface area contributed by atoms with Crippen LogP contribution in [0.3, 0.4) is 0 Å². The topological polar surface area (TPSA) is 59.8 Å². The van der Waals surface area contributed by atoms with Crippen molar-refractivity contribution in [3.8, 4) is 0 Å². The van der Waals surface area contributed by atoms with E-state index in [0.29, 0.717) is 22.6 Å². The fourth-order valence-electron chi connectivity index (χ4n) is 2.05. The van der Waals surface area contributed by atoms with Crippen LogP contribution in [-0.4, -0.2) is 30.9 Å². The molecule has 5 nitrogen and oxygen atoms in total. The van der Waals surface area contributed by atoms with E-state index >= 15 is 0 Å². The number of rotatable bonds is 4. The normalized spacial score (nSPS) is 10.4. The van der Waals surface area contributed by atoms with Crippen LogP contribution < -0.4 is 0 Å². The van der Waals surface area contributed by atoms with E-state index in [2.05, 4.69) is 20.7 Å². The number of esters is 1. The SMILES string of the molecule is COC(=O)c1cc(CN(C)C(=O)c2ccc(Br)cc2)oc1C. The maximum atomic E-state index is 12.3.